The maximum atomic E-state index is 13.7. The van der Waals surface area contributed by atoms with Crippen molar-refractivity contribution in [2.75, 3.05) is 0 Å². The monoisotopic (exact) mass is 301 g/mol. The van der Waals surface area contributed by atoms with Crippen LogP contribution in [-0.2, 0) is 6.42 Å². The van der Waals surface area contributed by atoms with Gasteiger partial charge in [0.15, 0.2) is 23.3 Å². The topological polar surface area (TPSA) is 26.0 Å². The Balaban J connectivity index is 2.60. The standard InChI is InChI=1S/C15H12F5N/c1-2-7-4-3-5-8(6-7)15(21)9-10(16)12(18)14(20)13(19)11(9)17/h3-6,15H,2,21H2,1H3. The van der Waals surface area contributed by atoms with Gasteiger partial charge in [-0.1, -0.05) is 31.2 Å². The average molecular weight is 301 g/mol. The third-order valence-electron chi connectivity index (χ3n) is 3.27. The van der Waals surface area contributed by atoms with Gasteiger partial charge in [0.2, 0.25) is 5.82 Å². The third-order valence-corrected chi connectivity index (χ3v) is 3.27. The summed E-state index contributed by atoms with van der Waals surface area (Å²) in [6, 6.07) is 4.99. The van der Waals surface area contributed by atoms with E-state index in [9.17, 15) is 22.0 Å². The minimum absolute atomic E-state index is 0.276. The van der Waals surface area contributed by atoms with E-state index in [1.807, 2.05) is 6.92 Å². The molecule has 0 saturated carbocycles. The summed E-state index contributed by atoms with van der Waals surface area (Å²) in [6.45, 7) is 1.86. The van der Waals surface area contributed by atoms with E-state index >= 15 is 0 Å². The fourth-order valence-electron chi connectivity index (χ4n) is 2.07. The first-order chi connectivity index (χ1) is 9.88. The molecule has 112 valence electrons. The normalized spacial score (nSPS) is 12.5. The minimum Gasteiger partial charge on any atom is -0.320 e. The molecule has 0 aromatic heterocycles. The van der Waals surface area contributed by atoms with Crippen molar-refractivity contribution < 1.29 is 22.0 Å². The Bertz CT molecular complexity index is 655. The van der Waals surface area contributed by atoms with Crippen molar-refractivity contribution in [3.63, 3.8) is 0 Å². The second-order valence-electron chi connectivity index (χ2n) is 4.56. The Morgan fingerprint density at radius 1 is 0.905 bits per heavy atom. The van der Waals surface area contributed by atoms with E-state index in [2.05, 4.69) is 0 Å². The maximum Gasteiger partial charge on any atom is 0.200 e. The van der Waals surface area contributed by atoms with Crippen molar-refractivity contribution in [2.24, 2.45) is 5.73 Å². The highest BCUT2D eigenvalue weighted by atomic mass is 19.2. The zero-order chi connectivity index (χ0) is 15.7. The highest BCUT2D eigenvalue weighted by molar-refractivity contribution is 5.36. The molecule has 6 heteroatoms. The zero-order valence-electron chi connectivity index (χ0n) is 11.1. The lowest BCUT2D eigenvalue weighted by molar-refractivity contribution is 0.367. The van der Waals surface area contributed by atoms with Gasteiger partial charge < -0.3 is 5.73 Å². The van der Waals surface area contributed by atoms with E-state index in [1.54, 1.807) is 18.2 Å². The van der Waals surface area contributed by atoms with Crippen molar-refractivity contribution >= 4 is 0 Å². The molecule has 0 saturated heterocycles. The molecule has 0 bridgehead atoms. The second-order valence-corrected chi connectivity index (χ2v) is 4.56. The van der Waals surface area contributed by atoms with E-state index < -0.39 is 40.7 Å². The van der Waals surface area contributed by atoms with Gasteiger partial charge in [-0.3, -0.25) is 0 Å². The Kier molecular flexibility index (Phi) is 4.27. The second kappa shape index (κ2) is 5.81. The quantitative estimate of drug-likeness (QED) is 0.518. The van der Waals surface area contributed by atoms with Gasteiger partial charge in [-0.25, -0.2) is 22.0 Å². The minimum atomic E-state index is -2.19. The highest BCUT2D eigenvalue weighted by Crippen LogP contribution is 2.30. The van der Waals surface area contributed by atoms with Crippen LogP contribution in [0.3, 0.4) is 0 Å². The molecule has 2 aromatic rings. The highest BCUT2D eigenvalue weighted by Gasteiger charge is 2.29. The Morgan fingerprint density at radius 2 is 1.43 bits per heavy atom. The number of nitrogens with two attached hydrogens (primary N) is 1. The molecule has 0 radical (unpaired) electrons. The van der Waals surface area contributed by atoms with E-state index in [4.69, 9.17) is 5.73 Å². The molecular formula is C15H12F5N. The van der Waals surface area contributed by atoms with Gasteiger partial charge >= 0.3 is 0 Å². The zero-order valence-corrected chi connectivity index (χ0v) is 11.1. The Hall–Kier alpha value is -1.95. The molecule has 0 amide bonds. The molecule has 2 rings (SSSR count). The predicted molar refractivity (Wildman–Crippen MR) is 68.1 cm³/mol. The summed E-state index contributed by atoms with van der Waals surface area (Å²) >= 11 is 0. The van der Waals surface area contributed by atoms with Crippen molar-refractivity contribution in [3.05, 3.63) is 70.0 Å². The molecule has 21 heavy (non-hydrogen) atoms. The molecule has 0 aliphatic carbocycles. The van der Waals surface area contributed by atoms with Crippen molar-refractivity contribution in [1.82, 2.24) is 0 Å². The maximum absolute atomic E-state index is 13.7. The average Bonchev–Trinajstić information content (AvgIpc) is 2.51. The van der Waals surface area contributed by atoms with E-state index in [0.717, 1.165) is 5.56 Å². The lowest BCUT2D eigenvalue weighted by atomic mass is 9.96. The van der Waals surface area contributed by atoms with Crippen LogP contribution in [-0.4, -0.2) is 0 Å². The van der Waals surface area contributed by atoms with Crippen molar-refractivity contribution in [2.45, 2.75) is 19.4 Å². The molecule has 0 aliphatic heterocycles. The summed E-state index contributed by atoms with van der Waals surface area (Å²) in [5.74, 6) is -9.98. The van der Waals surface area contributed by atoms with Crippen molar-refractivity contribution in [1.29, 1.82) is 0 Å². The van der Waals surface area contributed by atoms with Gasteiger partial charge in [0.25, 0.3) is 0 Å². The molecule has 2 aromatic carbocycles. The first kappa shape index (κ1) is 15.4. The number of aryl methyl sites for hydroxylation is 1. The van der Waals surface area contributed by atoms with Gasteiger partial charge in [0, 0.05) is 0 Å². The number of benzene rings is 2. The summed E-state index contributed by atoms with van der Waals surface area (Å²) in [7, 11) is 0. The molecule has 2 N–H and O–H groups in total. The summed E-state index contributed by atoms with van der Waals surface area (Å²) in [5.41, 5.74) is 5.78. The van der Waals surface area contributed by atoms with Crippen LogP contribution < -0.4 is 5.73 Å². The van der Waals surface area contributed by atoms with Crippen LogP contribution in [0.4, 0.5) is 22.0 Å². The summed E-state index contributed by atoms with van der Waals surface area (Å²) in [4.78, 5) is 0. The summed E-state index contributed by atoms with van der Waals surface area (Å²) < 4.78 is 66.9. The lowest BCUT2D eigenvalue weighted by Crippen LogP contribution is -2.19. The van der Waals surface area contributed by atoms with Crippen LogP contribution in [0.1, 0.15) is 29.7 Å². The number of rotatable bonds is 3. The van der Waals surface area contributed by atoms with Gasteiger partial charge in [-0.15, -0.1) is 0 Å². The lowest BCUT2D eigenvalue weighted by Gasteiger charge is -2.16. The van der Waals surface area contributed by atoms with E-state index in [0.29, 0.717) is 6.42 Å². The third kappa shape index (κ3) is 2.63. The van der Waals surface area contributed by atoms with Crippen LogP contribution in [0.15, 0.2) is 24.3 Å². The van der Waals surface area contributed by atoms with Gasteiger partial charge in [0.05, 0.1) is 11.6 Å². The van der Waals surface area contributed by atoms with E-state index in [-0.39, 0.29) is 5.56 Å². The Labute approximate surface area is 118 Å². The van der Waals surface area contributed by atoms with Crippen LogP contribution in [0.25, 0.3) is 0 Å². The van der Waals surface area contributed by atoms with Crippen LogP contribution in [0, 0.1) is 29.1 Å². The fraction of sp³-hybridized carbons (Fsp3) is 0.200. The fourth-order valence-corrected chi connectivity index (χ4v) is 2.07. The van der Waals surface area contributed by atoms with E-state index in [1.165, 1.54) is 6.07 Å². The number of hydrogen-bond donors (Lipinski definition) is 1. The number of hydrogen-bond acceptors (Lipinski definition) is 1. The predicted octanol–water partition coefficient (Wildman–Crippen LogP) is 3.99. The molecule has 1 nitrogen and oxygen atoms in total. The molecule has 1 atom stereocenters. The van der Waals surface area contributed by atoms with Crippen molar-refractivity contribution in [3.8, 4) is 0 Å². The first-order valence-electron chi connectivity index (χ1n) is 6.24. The molecular weight excluding hydrogens is 289 g/mol. The van der Waals surface area contributed by atoms with Crippen LogP contribution in [0.5, 0.6) is 0 Å². The van der Waals surface area contributed by atoms with Gasteiger partial charge in [-0.2, -0.15) is 0 Å². The van der Waals surface area contributed by atoms with Crippen LogP contribution >= 0.6 is 0 Å². The van der Waals surface area contributed by atoms with Gasteiger partial charge in [0.1, 0.15) is 0 Å². The molecule has 0 spiro atoms. The largest absolute Gasteiger partial charge is 0.320 e. The first-order valence-corrected chi connectivity index (χ1v) is 6.24. The summed E-state index contributed by atoms with van der Waals surface area (Å²) in [5, 5.41) is 0. The summed E-state index contributed by atoms with van der Waals surface area (Å²) in [6.07, 6.45) is 0.650. The SMILES string of the molecule is CCc1cccc(C(N)c2c(F)c(F)c(F)c(F)c2F)c1. The molecule has 0 aliphatic rings. The Morgan fingerprint density at radius 3 is 1.95 bits per heavy atom. The van der Waals surface area contributed by atoms with Crippen LogP contribution in [0.2, 0.25) is 0 Å². The number of halogens is 5. The molecule has 1 unspecified atom stereocenters. The smallest absolute Gasteiger partial charge is 0.200 e. The molecule has 0 fully saturated rings. The van der Waals surface area contributed by atoms with Gasteiger partial charge in [-0.05, 0) is 17.5 Å². The molecule has 0 heterocycles.